The Bertz CT molecular complexity index is 1180. The molecule has 2 aromatic carbocycles. The van der Waals surface area contributed by atoms with Gasteiger partial charge in [0.2, 0.25) is 0 Å². The van der Waals surface area contributed by atoms with Crippen molar-refractivity contribution in [3.63, 3.8) is 0 Å². The first kappa shape index (κ1) is 21.8. The van der Waals surface area contributed by atoms with Gasteiger partial charge in [0.15, 0.2) is 5.50 Å². The lowest BCUT2D eigenvalue weighted by Gasteiger charge is -2.12. The van der Waals surface area contributed by atoms with E-state index in [1.165, 1.54) is 24.4 Å². The highest BCUT2D eigenvalue weighted by atomic mass is 32.2. The molecule has 4 rings (SSSR count). The average molecular weight is 449 g/mol. The molecule has 2 heterocycles. The molecule has 1 saturated heterocycles. The third-order valence-electron chi connectivity index (χ3n) is 5.30. The van der Waals surface area contributed by atoms with E-state index in [4.69, 9.17) is 9.15 Å². The zero-order valence-electron chi connectivity index (χ0n) is 18.1. The lowest BCUT2D eigenvalue weighted by molar-refractivity contribution is -0.116. The number of rotatable bonds is 6. The van der Waals surface area contributed by atoms with E-state index in [0.717, 1.165) is 23.2 Å². The molecule has 0 bridgehead atoms. The molecular weight excluding hydrogens is 424 g/mol. The first-order valence-electron chi connectivity index (χ1n) is 10.3. The second-order valence-corrected chi connectivity index (χ2v) is 8.49. The first-order valence-corrected chi connectivity index (χ1v) is 11.2. The van der Waals surface area contributed by atoms with Gasteiger partial charge in [0.05, 0.1) is 17.6 Å². The van der Waals surface area contributed by atoms with Crippen LogP contribution in [0.1, 0.15) is 34.2 Å². The van der Waals surface area contributed by atoms with E-state index >= 15 is 0 Å². The van der Waals surface area contributed by atoms with Gasteiger partial charge in [-0.3, -0.25) is 4.79 Å². The average Bonchev–Trinajstić information content (AvgIpc) is 3.40. The molecule has 2 N–H and O–H groups in total. The molecule has 0 saturated carbocycles. The molecule has 1 amide bonds. The van der Waals surface area contributed by atoms with E-state index in [-0.39, 0.29) is 17.4 Å². The number of esters is 1. The number of nitrogens with one attached hydrogen (secondary N) is 2. The topological polar surface area (TPSA) is 80.6 Å². The summed E-state index contributed by atoms with van der Waals surface area (Å²) in [6.07, 6.45) is 2.71. The Balaban J connectivity index is 1.49. The van der Waals surface area contributed by atoms with Gasteiger partial charge in [-0.15, -0.1) is 0 Å². The zero-order valence-corrected chi connectivity index (χ0v) is 18.9. The monoisotopic (exact) mass is 448 g/mol. The Morgan fingerprint density at radius 3 is 2.69 bits per heavy atom. The van der Waals surface area contributed by atoms with E-state index in [9.17, 15) is 9.59 Å². The van der Waals surface area contributed by atoms with Crippen molar-refractivity contribution in [3.8, 4) is 11.3 Å². The number of thioether (sulfide) groups is 1. The molecule has 1 aliphatic rings. The van der Waals surface area contributed by atoms with Crippen LogP contribution in [0.2, 0.25) is 0 Å². The highest BCUT2D eigenvalue weighted by molar-refractivity contribution is 8.05. The standard InChI is InChI=1S/C25H24N2O4S/c1-4-16-8-10-17(11-9-16)26-25-27-23(28)22(32-25)14-18-12-13-21(31-18)19-6-5-7-20(15(19)2)24(29)30-3/h5-14,25-26H,4H2,1-3H3,(H,27,28)/b22-14-/t25-/m1/s1. The number of amides is 1. The molecule has 1 atom stereocenters. The van der Waals surface area contributed by atoms with Gasteiger partial charge in [-0.2, -0.15) is 0 Å². The van der Waals surface area contributed by atoms with Gasteiger partial charge in [-0.1, -0.05) is 43.0 Å². The maximum atomic E-state index is 12.4. The SMILES string of the molecule is CCc1ccc(N[C@@H]2NC(=O)/C(=C/c3ccc(-c4cccc(C(=O)OC)c4C)o3)S2)cc1. The van der Waals surface area contributed by atoms with E-state index in [1.807, 2.05) is 37.3 Å². The van der Waals surface area contributed by atoms with E-state index in [0.29, 0.717) is 22.0 Å². The zero-order chi connectivity index (χ0) is 22.7. The Hall–Kier alpha value is -3.45. The fourth-order valence-electron chi connectivity index (χ4n) is 3.49. The summed E-state index contributed by atoms with van der Waals surface area (Å²) in [4.78, 5) is 25.0. The number of carbonyl (C=O) groups excluding carboxylic acids is 2. The fraction of sp³-hybridized carbons (Fsp3) is 0.200. The van der Waals surface area contributed by atoms with Gasteiger partial charge in [-0.25, -0.2) is 4.79 Å². The molecule has 164 valence electrons. The Morgan fingerprint density at radius 1 is 1.19 bits per heavy atom. The minimum Gasteiger partial charge on any atom is -0.465 e. The molecule has 3 aromatic rings. The smallest absolute Gasteiger partial charge is 0.338 e. The van der Waals surface area contributed by atoms with E-state index in [2.05, 4.69) is 29.7 Å². The second-order valence-electron chi connectivity index (χ2n) is 7.35. The molecule has 7 heteroatoms. The van der Waals surface area contributed by atoms with Crippen LogP contribution in [-0.4, -0.2) is 24.5 Å². The summed E-state index contributed by atoms with van der Waals surface area (Å²) in [7, 11) is 1.36. The molecule has 0 unspecified atom stereocenters. The minimum absolute atomic E-state index is 0.153. The number of benzene rings is 2. The third-order valence-corrected chi connectivity index (χ3v) is 6.32. The highest BCUT2D eigenvalue weighted by Gasteiger charge is 2.27. The summed E-state index contributed by atoms with van der Waals surface area (Å²) in [6.45, 7) is 3.97. The predicted octanol–water partition coefficient (Wildman–Crippen LogP) is 5.20. The number of hydrogen-bond donors (Lipinski definition) is 2. The number of methoxy groups -OCH3 is 1. The normalized spacial score (nSPS) is 16.8. The van der Waals surface area contributed by atoms with Gasteiger partial charge in [0.25, 0.3) is 5.91 Å². The van der Waals surface area contributed by atoms with Crippen molar-refractivity contribution in [2.45, 2.75) is 25.8 Å². The summed E-state index contributed by atoms with van der Waals surface area (Å²) in [6, 6.07) is 17.2. The quantitative estimate of drug-likeness (QED) is 0.398. The summed E-state index contributed by atoms with van der Waals surface area (Å²) in [5.74, 6) is 0.641. The van der Waals surface area contributed by atoms with Crippen molar-refractivity contribution in [1.82, 2.24) is 5.32 Å². The summed E-state index contributed by atoms with van der Waals surface area (Å²) in [5.41, 5.74) is 4.03. The van der Waals surface area contributed by atoms with Crippen LogP contribution in [0.4, 0.5) is 5.69 Å². The lowest BCUT2D eigenvalue weighted by Crippen LogP contribution is -2.30. The van der Waals surface area contributed by atoms with Crippen LogP contribution >= 0.6 is 11.8 Å². The van der Waals surface area contributed by atoms with Gasteiger partial charge in [0.1, 0.15) is 11.5 Å². The molecule has 1 aromatic heterocycles. The molecular formula is C25H24N2O4S. The second kappa shape index (κ2) is 9.36. The maximum Gasteiger partial charge on any atom is 0.338 e. The van der Waals surface area contributed by atoms with Crippen LogP contribution < -0.4 is 10.6 Å². The molecule has 1 fully saturated rings. The maximum absolute atomic E-state index is 12.4. The van der Waals surface area contributed by atoms with Crippen LogP contribution in [0.3, 0.4) is 0 Å². The number of anilines is 1. The Kier molecular flexibility index (Phi) is 6.37. The van der Waals surface area contributed by atoms with Gasteiger partial charge >= 0.3 is 5.97 Å². The third kappa shape index (κ3) is 4.57. The molecule has 0 aliphatic carbocycles. The molecule has 32 heavy (non-hydrogen) atoms. The summed E-state index contributed by atoms with van der Waals surface area (Å²) < 4.78 is 10.8. The fourth-order valence-corrected chi connectivity index (χ4v) is 4.46. The van der Waals surface area contributed by atoms with Crippen LogP contribution in [-0.2, 0) is 16.0 Å². The van der Waals surface area contributed by atoms with Crippen LogP contribution in [0.15, 0.2) is 63.9 Å². The number of ether oxygens (including phenoxy) is 1. The molecule has 0 radical (unpaired) electrons. The number of furan rings is 1. The number of carbonyl (C=O) groups is 2. The van der Waals surface area contributed by atoms with E-state index < -0.39 is 0 Å². The lowest BCUT2D eigenvalue weighted by atomic mass is 10.0. The first-order chi connectivity index (χ1) is 15.5. The van der Waals surface area contributed by atoms with Crippen LogP contribution in [0.25, 0.3) is 17.4 Å². The number of hydrogen-bond acceptors (Lipinski definition) is 6. The molecule has 6 nitrogen and oxygen atoms in total. The van der Waals surface area contributed by atoms with Crippen molar-refractivity contribution in [3.05, 3.63) is 82.0 Å². The van der Waals surface area contributed by atoms with Crippen molar-refractivity contribution >= 4 is 35.4 Å². The molecule has 1 aliphatic heterocycles. The van der Waals surface area contributed by atoms with Crippen molar-refractivity contribution in [1.29, 1.82) is 0 Å². The van der Waals surface area contributed by atoms with Gasteiger partial charge in [-0.05, 0) is 54.8 Å². The Morgan fingerprint density at radius 2 is 1.97 bits per heavy atom. The van der Waals surface area contributed by atoms with Crippen LogP contribution in [0.5, 0.6) is 0 Å². The highest BCUT2D eigenvalue weighted by Crippen LogP contribution is 2.33. The largest absolute Gasteiger partial charge is 0.465 e. The van der Waals surface area contributed by atoms with Crippen molar-refractivity contribution in [2.24, 2.45) is 0 Å². The predicted molar refractivity (Wildman–Crippen MR) is 127 cm³/mol. The number of aryl methyl sites for hydroxylation is 1. The summed E-state index contributed by atoms with van der Waals surface area (Å²) in [5, 5.41) is 6.24. The van der Waals surface area contributed by atoms with Crippen LogP contribution in [0, 0.1) is 6.92 Å². The van der Waals surface area contributed by atoms with Gasteiger partial charge < -0.3 is 19.8 Å². The minimum atomic E-state index is -0.389. The molecule has 0 spiro atoms. The summed E-state index contributed by atoms with van der Waals surface area (Å²) >= 11 is 1.40. The van der Waals surface area contributed by atoms with Crippen molar-refractivity contribution < 1.29 is 18.7 Å². The Labute approximate surface area is 191 Å². The van der Waals surface area contributed by atoms with E-state index in [1.54, 1.807) is 18.2 Å². The van der Waals surface area contributed by atoms with Crippen molar-refractivity contribution in [2.75, 3.05) is 12.4 Å². The van der Waals surface area contributed by atoms with Gasteiger partial charge in [0, 0.05) is 17.3 Å².